The third kappa shape index (κ3) is 4.33. The Hall–Kier alpha value is -1.84. The molecule has 0 saturated heterocycles. The summed E-state index contributed by atoms with van der Waals surface area (Å²) < 4.78 is 0. The second kappa shape index (κ2) is 6.51. The molecule has 0 spiro atoms. The van der Waals surface area contributed by atoms with Crippen LogP contribution in [0.25, 0.3) is 0 Å². The molecule has 0 aromatic heterocycles. The lowest BCUT2D eigenvalue weighted by Gasteiger charge is -2.34. The first kappa shape index (κ1) is 16.5. The molecule has 0 bridgehead atoms. The minimum atomic E-state index is -0.146. The SMILES string of the molecule is CC1C/C(=N\NC(=O)c2cccc(N(C)C)c2)CC(C)(C)C1. The van der Waals surface area contributed by atoms with Crippen molar-refractivity contribution in [2.75, 3.05) is 19.0 Å². The van der Waals surface area contributed by atoms with Crippen LogP contribution in [0.15, 0.2) is 29.4 Å². The van der Waals surface area contributed by atoms with Crippen LogP contribution in [0.5, 0.6) is 0 Å². The first-order chi connectivity index (χ1) is 10.3. The predicted octanol–water partition coefficient (Wildman–Crippen LogP) is 3.68. The molecule has 2 rings (SSSR count). The standard InChI is InChI=1S/C18H27N3O/c1-13-9-15(12-18(2,3)11-13)19-20-17(22)14-7-6-8-16(10-14)21(4)5/h6-8,10,13H,9,11-12H2,1-5H3,(H,20,22)/b19-15+. The lowest BCUT2D eigenvalue weighted by Crippen LogP contribution is -2.30. The number of hydrazone groups is 1. The van der Waals surface area contributed by atoms with E-state index in [0.29, 0.717) is 11.5 Å². The number of hydrogen-bond donors (Lipinski definition) is 1. The summed E-state index contributed by atoms with van der Waals surface area (Å²) in [6.45, 7) is 6.78. The van der Waals surface area contributed by atoms with Gasteiger partial charge in [0.2, 0.25) is 0 Å². The van der Waals surface area contributed by atoms with Crippen molar-refractivity contribution in [2.24, 2.45) is 16.4 Å². The summed E-state index contributed by atoms with van der Waals surface area (Å²) in [5, 5.41) is 4.38. The molecule has 1 fully saturated rings. The van der Waals surface area contributed by atoms with Gasteiger partial charge in [-0.2, -0.15) is 5.10 Å². The molecule has 1 saturated carbocycles. The van der Waals surface area contributed by atoms with Crippen LogP contribution >= 0.6 is 0 Å². The number of carbonyl (C=O) groups excluding carboxylic acids is 1. The van der Waals surface area contributed by atoms with Crippen molar-refractivity contribution in [1.29, 1.82) is 0 Å². The van der Waals surface area contributed by atoms with Gasteiger partial charge in [-0.05, 0) is 48.8 Å². The van der Waals surface area contributed by atoms with Gasteiger partial charge in [-0.25, -0.2) is 5.43 Å². The molecule has 1 aliphatic carbocycles. The Morgan fingerprint density at radius 2 is 2.09 bits per heavy atom. The Morgan fingerprint density at radius 3 is 2.73 bits per heavy atom. The Bertz CT molecular complexity index is 575. The van der Waals surface area contributed by atoms with Crippen LogP contribution < -0.4 is 10.3 Å². The highest BCUT2D eigenvalue weighted by Crippen LogP contribution is 2.36. The van der Waals surface area contributed by atoms with Gasteiger partial charge in [-0.15, -0.1) is 0 Å². The van der Waals surface area contributed by atoms with Gasteiger partial charge >= 0.3 is 0 Å². The van der Waals surface area contributed by atoms with Crippen LogP contribution in [0, 0.1) is 11.3 Å². The minimum Gasteiger partial charge on any atom is -0.378 e. The van der Waals surface area contributed by atoms with Crippen molar-refractivity contribution < 1.29 is 4.79 Å². The maximum absolute atomic E-state index is 12.3. The number of hydrogen-bond acceptors (Lipinski definition) is 3. The lowest BCUT2D eigenvalue weighted by atomic mass is 9.72. The zero-order chi connectivity index (χ0) is 16.3. The van der Waals surface area contributed by atoms with Crippen LogP contribution in [-0.4, -0.2) is 25.7 Å². The average molecular weight is 301 g/mol. The lowest BCUT2D eigenvalue weighted by molar-refractivity contribution is 0.0954. The van der Waals surface area contributed by atoms with E-state index in [0.717, 1.165) is 24.2 Å². The van der Waals surface area contributed by atoms with E-state index in [1.54, 1.807) is 0 Å². The Morgan fingerprint density at radius 1 is 1.36 bits per heavy atom. The molecule has 1 N–H and O–H groups in total. The molecular formula is C18H27N3O. The first-order valence-corrected chi connectivity index (χ1v) is 7.90. The zero-order valence-corrected chi connectivity index (χ0v) is 14.3. The number of carbonyl (C=O) groups is 1. The summed E-state index contributed by atoms with van der Waals surface area (Å²) in [7, 11) is 3.92. The van der Waals surface area contributed by atoms with E-state index in [1.165, 1.54) is 6.42 Å². The number of nitrogens with one attached hydrogen (secondary N) is 1. The molecule has 1 amide bonds. The molecule has 120 valence electrons. The molecule has 0 heterocycles. The number of benzene rings is 1. The Balaban J connectivity index is 2.06. The topological polar surface area (TPSA) is 44.7 Å². The van der Waals surface area contributed by atoms with E-state index in [9.17, 15) is 4.79 Å². The van der Waals surface area contributed by atoms with Crippen molar-refractivity contribution in [3.63, 3.8) is 0 Å². The van der Waals surface area contributed by atoms with Crippen molar-refractivity contribution in [3.8, 4) is 0 Å². The molecule has 0 radical (unpaired) electrons. The van der Waals surface area contributed by atoms with Gasteiger partial charge in [0, 0.05) is 31.1 Å². The summed E-state index contributed by atoms with van der Waals surface area (Å²) in [5.41, 5.74) is 5.74. The summed E-state index contributed by atoms with van der Waals surface area (Å²) in [5.74, 6) is 0.476. The average Bonchev–Trinajstić information content (AvgIpc) is 2.42. The summed E-state index contributed by atoms with van der Waals surface area (Å²) in [6.07, 6.45) is 3.14. The van der Waals surface area contributed by atoms with E-state index in [2.05, 4.69) is 31.3 Å². The van der Waals surface area contributed by atoms with E-state index >= 15 is 0 Å². The highest BCUT2D eigenvalue weighted by Gasteiger charge is 2.29. The van der Waals surface area contributed by atoms with Gasteiger partial charge < -0.3 is 4.90 Å². The van der Waals surface area contributed by atoms with E-state index in [1.807, 2.05) is 43.3 Å². The predicted molar refractivity (Wildman–Crippen MR) is 92.5 cm³/mol. The molecule has 22 heavy (non-hydrogen) atoms. The van der Waals surface area contributed by atoms with Crippen molar-refractivity contribution >= 4 is 17.3 Å². The van der Waals surface area contributed by atoms with Crippen molar-refractivity contribution in [1.82, 2.24) is 5.43 Å². The summed E-state index contributed by atoms with van der Waals surface area (Å²) in [4.78, 5) is 14.2. The summed E-state index contributed by atoms with van der Waals surface area (Å²) >= 11 is 0. The molecule has 0 aliphatic heterocycles. The number of amides is 1. The highest BCUT2D eigenvalue weighted by atomic mass is 16.2. The summed E-state index contributed by atoms with van der Waals surface area (Å²) in [6, 6.07) is 7.57. The molecular weight excluding hydrogens is 274 g/mol. The molecule has 1 aromatic carbocycles. The van der Waals surface area contributed by atoms with E-state index in [-0.39, 0.29) is 11.3 Å². The highest BCUT2D eigenvalue weighted by molar-refractivity contribution is 5.96. The minimum absolute atomic E-state index is 0.146. The fourth-order valence-corrected chi connectivity index (χ4v) is 3.32. The van der Waals surface area contributed by atoms with E-state index < -0.39 is 0 Å². The number of rotatable bonds is 3. The Kier molecular flexibility index (Phi) is 4.89. The number of anilines is 1. The number of nitrogens with zero attached hydrogens (tertiary/aromatic N) is 2. The maximum atomic E-state index is 12.3. The van der Waals surface area contributed by atoms with Crippen LogP contribution in [0.3, 0.4) is 0 Å². The molecule has 1 aliphatic rings. The van der Waals surface area contributed by atoms with Gasteiger partial charge in [0.05, 0.1) is 0 Å². The monoisotopic (exact) mass is 301 g/mol. The normalized spacial score (nSPS) is 22.4. The maximum Gasteiger partial charge on any atom is 0.271 e. The fourth-order valence-electron chi connectivity index (χ4n) is 3.32. The molecule has 1 aromatic rings. The van der Waals surface area contributed by atoms with Gasteiger partial charge in [-0.1, -0.05) is 26.8 Å². The van der Waals surface area contributed by atoms with Crippen LogP contribution in [0.2, 0.25) is 0 Å². The van der Waals surface area contributed by atoms with Crippen molar-refractivity contribution in [3.05, 3.63) is 29.8 Å². The molecule has 4 nitrogen and oxygen atoms in total. The largest absolute Gasteiger partial charge is 0.378 e. The van der Waals surface area contributed by atoms with Crippen LogP contribution in [0.4, 0.5) is 5.69 Å². The molecule has 1 unspecified atom stereocenters. The molecule has 1 atom stereocenters. The van der Waals surface area contributed by atoms with Gasteiger partial charge in [-0.3, -0.25) is 4.79 Å². The van der Waals surface area contributed by atoms with E-state index in [4.69, 9.17) is 0 Å². The fraction of sp³-hybridized carbons (Fsp3) is 0.556. The van der Waals surface area contributed by atoms with Crippen LogP contribution in [0.1, 0.15) is 50.4 Å². The van der Waals surface area contributed by atoms with Gasteiger partial charge in [0.1, 0.15) is 0 Å². The molecule has 4 heteroatoms. The zero-order valence-electron chi connectivity index (χ0n) is 14.3. The van der Waals surface area contributed by atoms with Gasteiger partial charge in [0.15, 0.2) is 0 Å². The second-order valence-electron chi connectivity index (χ2n) is 7.42. The quantitative estimate of drug-likeness (QED) is 0.865. The first-order valence-electron chi connectivity index (χ1n) is 7.90. The Labute approximate surface area is 133 Å². The third-order valence-electron chi connectivity index (χ3n) is 4.11. The van der Waals surface area contributed by atoms with Crippen LogP contribution in [-0.2, 0) is 0 Å². The smallest absolute Gasteiger partial charge is 0.271 e. The second-order valence-corrected chi connectivity index (χ2v) is 7.42. The van der Waals surface area contributed by atoms with Gasteiger partial charge in [0.25, 0.3) is 5.91 Å². The third-order valence-corrected chi connectivity index (χ3v) is 4.11. The van der Waals surface area contributed by atoms with Crippen molar-refractivity contribution in [2.45, 2.75) is 40.0 Å².